The number of rotatable bonds is 6. The molecule has 5 nitrogen and oxygen atoms in total. The lowest BCUT2D eigenvalue weighted by atomic mass is 9.94. The lowest BCUT2D eigenvalue weighted by Crippen LogP contribution is -3.07. The van der Waals surface area contributed by atoms with Crippen LogP contribution in [0.3, 0.4) is 0 Å². The summed E-state index contributed by atoms with van der Waals surface area (Å²) in [6.07, 6.45) is 7.69. The highest BCUT2D eigenvalue weighted by Crippen LogP contribution is 2.31. The molecule has 0 unspecified atom stereocenters. The molecule has 2 atom stereocenters. The second kappa shape index (κ2) is 8.39. The molecule has 0 saturated heterocycles. The number of benzene rings is 1. The molecule has 3 rings (SSSR count). The Balaban J connectivity index is 1.64. The van der Waals surface area contributed by atoms with Crippen LogP contribution < -0.4 is 14.4 Å². The van der Waals surface area contributed by atoms with E-state index in [-0.39, 0.29) is 12.0 Å². The minimum Gasteiger partial charge on any atom is -0.486 e. The first-order chi connectivity index (χ1) is 12.1. The molecule has 0 aromatic heterocycles. The SMILES string of the molecule is C[NH+](C)CC(=O)N(C[C@H]1CC=CCC1)C[C@H]1COc2ccccc2O1. The Morgan fingerprint density at radius 3 is 2.72 bits per heavy atom. The molecule has 5 heteroatoms. The van der Waals surface area contributed by atoms with Crippen LogP contribution in [-0.4, -0.2) is 57.2 Å². The maximum absolute atomic E-state index is 12.7. The molecular weight excluding hydrogens is 316 g/mol. The normalized spacial score (nSPS) is 22.0. The number of hydrogen-bond acceptors (Lipinski definition) is 3. The summed E-state index contributed by atoms with van der Waals surface area (Å²) in [5, 5.41) is 0. The quantitative estimate of drug-likeness (QED) is 0.787. The van der Waals surface area contributed by atoms with Crippen molar-refractivity contribution in [2.75, 3.05) is 40.3 Å². The van der Waals surface area contributed by atoms with Gasteiger partial charge in [0.2, 0.25) is 0 Å². The maximum atomic E-state index is 12.7. The Hall–Kier alpha value is -2.01. The third-order valence-electron chi connectivity index (χ3n) is 4.71. The van der Waals surface area contributed by atoms with Crippen LogP contribution in [0.15, 0.2) is 36.4 Å². The van der Waals surface area contributed by atoms with Gasteiger partial charge in [-0.2, -0.15) is 0 Å². The lowest BCUT2D eigenvalue weighted by Gasteiger charge is -2.33. The number of nitrogens with one attached hydrogen (secondary N) is 1. The van der Waals surface area contributed by atoms with Crippen molar-refractivity contribution in [1.82, 2.24) is 4.90 Å². The van der Waals surface area contributed by atoms with Gasteiger partial charge in [0.25, 0.3) is 5.91 Å². The highest BCUT2D eigenvalue weighted by Gasteiger charge is 2.28. The summed E-state index contributed by atoms with van der Waals surface area (Å²) in [5.41, 5.74) is 0. The Bertz CT molecular complexity index is 615. The zero-order valence-corrected chi connectivity index (χ0v) is 15.2. The fourth-order valence-electron chi connectivity index (χ4n) is 3.43. The van der Waals surface area contributed by atoms with Gasteiger partial charge in [-0.05, 0) is 37.3 Å². The molecule has 0 radical (unpaired) electrons. The third-order valence-corrected chi connectivity index (χ3v) is 4.71. The first-order valence-electron chi connectivity index (χ1n) is 9.22. The third kappa shape index (κ3) is 4.98. The van der Waals surface area contributed by atoms with Gasteiger partial charge in [-0.25, -0.2) is 0 Å². The van der Waals surface area contributed by atoms with Crippen molar-refractivity contribution in [2.45, 2.75) is 25.4 Å². The molecule has 0 bridgehead atoms. The lowest BCUT2D eigenvalue weighted by molar-refractivity contribution is -0.849. The zero-order valence-electron chi connectivity index (χ0n) is 15.2. The van der Waals surface area contributed by atoms with Crippen LogP contribution in [0.1, 0.15) is 19.3 Å². The molecule has 1 amide bonds. The van der Waals surface area contributed by atoms with E-state index >= 15 is 0 Å². The molecule has 0 spiro atoms. The number of ether oxygens (including phenoxy) is 2. The molecule has 1 N–H and O–H groups in total. The highest BCUT2D eigenvalue weighted by molar-refractivity contribution is 5.77. The molecule has 1 aromatic rings. The number of likely N-dealkylation sites (N-methyl/N-ethyl adjacent to an activating group) is 1. The number of fused-ring (bicyclic) bond motifs is 1. The van der Waals surface area contributed by atoms with Crippen LogP contribution in [0.4, 0.5) is 0 Å². The summed E-state index contributed by atoms with van der Waals surface area (Å²) in [6.45, 7) is 2.38. The first-order valence-corrected chi connectivity index (χ1v) is 9.22. The van der Waals surface area contributed by atoms with Crippen LogP contribution in [0.25, 0.3) is 0 Å². The van der Waals surface area contributed by atoms with E-state index in [1.165, 1.54) is 0 Å². The number of hydrogen-bond donors (Lipinski definition) is 1. The summed E-state index contributed by atoms with van der Waals surface area (Å²) in [7, 11) is 4.02. The van der Waals surface area contributed by atoms with Crippen molar-refractivity contribution >= 4 is 5.91 Å². The second-order valence-electron chi connectivity index (χ2n) is 7.33. The van der Waals surface area contributed by atoms with Crippen LogP contribution in [0.2, 0.25) is 0 Å². The Kier molecular flexibility index (Phi) is 5.97. The standard InChI is InChI=1S/C20H28N2O3/c1-21(2)14-20(23)22(12-16-8-4-3-5-9-16)13-17-15-24-18-10-6-7-11-19(18)25-17/h3-4,6-7,10-11,16-17H,5,8-9,12-15H2,1-2H3/p+1/t16-,17-/m0/s1. The van der Waals surface area contributed by atoms with E-state index in [4.69, 9.17) is 9.47 Å². The molecule has 1 aromatic carbocycles. The van der Waals surface area contributed by atoms with Gasteiger partial charge in [0.1, 0.15) is 6.61 Å². The molecule has 0 saturated carbocycles. The Morgan fingerprint density at radius 2 is 2.00 bits per heavy atom. The van der Waals surface area contributed by atoms with E-state index in [2.05, 4.69) is 12.2 Å². The monoisotopic (exact) mass is 345 g/mol. The average molecular weight is 345 g/mol. The number of para-hydroxylation sites is 2. The smallest absolute Gasteiger partial charge is 0.277 e. The van der Waals surface area contributed by atoms with E-state index < -0.39 is 0 Å². The molecule has 25 heavy (non-hydrogen) atoms. The maximum Gasteiger partial charge on any atom is 0.277 e. The van der Waals surface area contributed by atoms with Gasteiger partial charge >= 0.3 is 0 Å². The van der Waals surface area contributed by atoms with Gasteiger partial charge in [-0.15, -0.1) is 0 Å². The van der Waals surface area contributed by atoms with E-state index in [1.807, 2.05) is 43.3 Å². The highest BCUT2D eigenvalue weighted by atomic mass is 16.6. The number of carbonyl (C=O) groups excluding carboxylic acids is 1. The zero-order chi connectivity index (χ0) is 17.6. The van der Waals surface area contributed by atoms with Crippen molar-refractivity contribution < 1.29 is 19.2 Å². The van der Waals surface area contributed by atoms with Crippen molar-refractivity contribution in [3.63, 3.8) is 0 Å². The van der Waals surface area contributed by atoms with E-state index in [9.17, 15) is 4.79 Å². The molecule has 1 aliphatic carbocycles. The first kappa shape index (κ1) is 17.8. The number of nitrogens with zero attached hydrogens (tertiary/aromatic N) is 1. The van der Waals surface area contributed by atoms with Gasteiger partial charge in [0, 0.05) is 6.54 Å². The van der Waals surface area contributed by atoms with Gasteiger partial charge in [0.15, 0.2) is 24.1 Å². The minimum atomic E-state index is -0.116. The summed E-state index contributed by atoms with van der Waals surface area (Å²) < 4.78 is 11.9. The molecule has 2 aliphatic rings. The second-order valence-corrected chi connectivity index (χ2v) is 7.33. The molecule has 1 aliphatic heterocycles. The predicted molar refractivity (Wildman–Crippen MR) is 97.1 cm³/mol. The summed E-state index contributed by atoms with van der Waals surface area (Å²) in [6, 6.07) is 7.72. The fourth-order valence-corrected chi connectivity index (χ4v) is 3.43. The van der Waals surface area contributed by atoms with Crippen LogP contribution in [0.5, 0.6) is 11.5 Å². The Labute approximate surface area is 150 Å². The fraction of sp³-hybridized carbons (Fsp3) is 0.550. The van der Waals surface area contributed by atoms with Gasteiger partial charge < -0.3 is 19.3 Å². The van der Waals surface area contributed by atoms with Crippen molar-refractivity contribution in [3.05, 3.63) is 36.4 Å². The molecule has 136 valence electrons. The van der Waals surface area contributed by atoms with Crippen molar-refractivity contribution in [1.29, 1.82) is 0 Å². The van der Waals surface area contributed by atoms with Gasteiger partial charge in [-0.1, -0.05) is 24.3 Å². The molecular formula is C20H29N2O3+. The number of carbonyl (C=O) groups is 1. The van der Waals surface area contributed by atoms with Crippen LogP contribution in [-0.2, 0) is 4.79 Å². The van der Waals surface area contributed by atoms with Crippen molar-refractivity contribution in [2.24, 2.45) is 5.92 Å². The van der Waals surface area contributed by atoms with Crippen LogP contribution >= 0.6 is 0 Å². The summed E-state index contributed by atoms with van der Waals surface area (Å²) in [5.74, 6) is 2.29. The van der Waals surface area contributed by atoms with E-state index in [0.29, 0.717) is 25.6 Å². The minimum absolute atomic E-state index is 0.116. The predicted octanol–water partition coefficient (Wildman–Crippen LogP) is 1.16. The Morgan fingerprint density at radius 1 is 1.20 bits per heavy atom. The molecule has 0 fully saturated rings. The van der Waals surface area contributed by atoms with Gasteiger partial charge in [-0.3, -0.25) is 4.79 Å². The largest absolute Gasteiger partial charge is 0.486 e. The number of amides is 1. The van der Waals surface area contributed by atoms with Crippen LogP contribution in [0, 0.1) is 5.92 Å². The summed E-state index contributed by atoms with van der Waals surface area (Å²) >= 11 is 0. The number of quaternary nitrogens is 1. The van der Waals surface area contributed by atoms with Gasteiger partial charge in [0.05, 0.1) is 20.6 Å². The topological polar surface area (TPSA) is 43.2 Å². The average Bonchev–Trinajstić information content (AvgIpc) is 2.61. The van der Waals surface area contributed by atoms with E-state index in [1.54, 1.807) is 0 Å². The molecule has 1 heterocycles. The van der Waals surface area contributed by atoms with E-state index in [0.717, 1.165) is 42.2 Å². The number of allylic oxidation sites excluding steroid dienone is 2. The summed E-state index contributed by atoms with van der Waals surface area (Å²) in [4.78, 5) is 15.9. The van der Waals surface area contributed by atoms with Crippen molar-refractivity contribution in [3.8, 4) is 11.5 Å².